The highest BCUT2D eigenvalue weighted by Crippen LogP contribution is 2.16. The number of nitrogens with two attached hydrogens (primary N) is 1. The van der Waals surface area contributed by atoms with Crippen molar-refractivity contribution in [1.82, 2.24) is 0 Å². The number of rotatable bonds is 21. The van der Waals surface area contributed by atoms with Gasteiger partial charge >= 0.3 is 10.4 Å². The maximum Gasteiger partial charge on any atom is 0.394 e. The number of hydrogen-bond donors (Lipinski definition) is 4. The van der Waals surface area contributed by atoms with Crippen LogP contribution in [-0.2, 0) is 20.8 Å². The monoisotopic (exact) mass is 594 g/mol. The first kappa shape index (κ1) is 44.7. The average molecular weight is 595 g/mol. The Labute approximate surface area is 235 Å². The minimum atomic E-state index is -4.92. The molecule has 12 heteroatoms. The summed E-state index contributed by atoms with van der Waals surface area (Å²) in [4.78, 5) is 0. The van der Waals surface area contributed by atoms with Gasteiger partial charge in [0.25, 0.3) is 0 Å². The molecule has 0 aromatic rings. The molecule has 0 rings (SSSR count). The van der Waals surface area contributed by atoms with Crippen LogP contribution >= 0.6 is 0 Å². The first-order valence-electron chi connectivity index (χ1n) is 14.5. The Morgan fingerprint density at radius 1 is 0.526 bits per heavy atom. The normalized spacial score (nSPS) is 11.4. The predicted octanol–water partition coefficient (Wildman–Crippen LogP) is 6.44. The van der Waals surface area contributed by atoms with Crippen LogP contribution in [0.15, 0.2) is 0 Å². The second kappa shape index (κ2) is 31.2. The summed E-state index contributed by atoms with van der Waals surface area (Å²) in [5, 5.41) is 0. The Morgan fingerprint density at radius 2 is 0.684 bits per heavy atom. The smallest absolute Gasteiger partial charge is 0.394 e. The van der Waals surface area contributed by atoms with Crippen LogP contribution in [0.3, 0.4) is 0 Å². The fourth-order valence-corrected chi connectivity index (χ4v) is 4.16. The largest absolute Gasteiger partial charge is 0.726 e. The molecule has 0 atom stereocenters. The minimum absolute atomic E-state index is 1.36. The molecule has 0 aliphatic rings. The molecule has 5 N–H and O–H groups in total. The Morgan fingerprint density at radius 3 is 0.868 bits per heavy atom. The Kier molecular flexibility index (Phi) is 36.7. The molecule has 0 aromatic carbocycles. The van der Waals surface area contributed by atoms with Gasteiger partial charge in [-0.1, -0.05) is 97.8 Å². The highest BCUT2D eigenvalue weighted by atomic mass is 32.3. The van der Waals surface area contributed by atoms with E-state index in [4.69, 9.17) is 35.0 Å². The zero-order valence-corrected chi connectivity index (χ0v) is 26.7. The van der Waals surface area contributed by atoms with Gasteiger partial charge in [0.15, 0.2) is 0 Å². The fourth-order valence-electron chi connectivity index (χ4n) is 4.16. The summed E-state index contributed by atoms with van der Waals surface area (Å²) in [5.41, 5.74) is 4.50. The van der Waals surface area contributed by atoms with Crippen molar-refractivity contribution in [3.05, 3.63) is 0 Å². The SMILES string of the molecule is CCCCCCCC[N+](C)(CCCCCCCC)CCCCCCCC.CN.O=S(=O)(O)O.O=S(=O)([O-])O. The van der Waals surface area contributed by atoms with Crippen LogP contribution < -0.4 is 5.73 Å². The van der Waals surface area contributed by atoms with Crippen molar-refractivity contribution in [1.29, 1.82) is 0 Å². The van der Waals surface area contributed by atoms with Gasteiger partial charge in [-0.3, -0.25) is 13.7 Å². The molecule has 0 amide bonds. The molecule has 0 aromatic heterocycles. The van der Waals surface area contributed by atoms with Gasteiger partial charge in [0, 0.05) is 0 Å². The molecule has 0 bridgehead atoms. The number of quaternary nitrogens is 1. The van der Waals surface area contributed by atoms with Crippen LogP contribution in [0.25, 0.3) is 0 Å². The van der Waals surface area contributed by atoms with Gasteiger partial charge < -0.3 is 14.8 Å². The quantitative estimate of drug-likeness (QED) is 0.0503. The summed E-state index contributed by atoms with van der Waals surface area (Å²) < 4.78 is 65.8. The third-order valence-corrected chi connectivity index (χ3v) is 6.15. The van der Waals surface area contributed by atoms with Gasteiger partial charge in [-0.2, -0.15) is 8.42 Å². The molecule has 0 fully saturated rings. The lowest BCUT2D eigenvalue weighted by Crippen LogP contribution is -2.46. The van der Waals surface area contributed by atoms with E-state index >= 15 is 0 Å². The van der Waals surface area contributed by atoms with Gasteiger partial charge in [-0.15, -0.1) is 0 Å². The zero-order chi connectivity index (χ0) is 30.3. The van der Waals surface area contributed by atoms with Crippen molar-refractivity contribution in [2.75, 3.05) is 33.7 Å². The van der Waals surface area contributed by atoms with Gasteiger partial charge in [0.2, 0.25) is 10.4 Å². The maximum absolute atomic E-state index is 8.74. The van der Waals surface area contributed by atoms with Gasteiger partial charge in [0.1, 0.15) is 0 Å². The molecule has 0 radical (unpaired) electrons. The average Bonchev–Trinajstić information content (AvgIpc) is 2.80. The van der Waals surface area contributed by atoms with Crippen LogP contribution in [-0.4, -0.2) is 73.3 Å². The van der Waals surface area contributed by atoms with Crippen molar-refractivity contribution in [3.8, 4) is 0 Å². The van der Waals surface area contributed by atoms with E-state index in [1.807, 2.05) is 0 Å². The highest BCUT2D eigenvalue weighted by molar-refractivity contribution is 7.80. The third kappa shape index (κ3) is 60.3. The molecule has 236 valence electrons. The molecule has 0 saturated carbocycles. The summed E-state index contributed by atoms with van der Waals surface area (Å²) in [7, 11) is -5.52. The molecule has 10 nitrogen and oxygen atoms in total. The molecule has 0 aliphatic heterocycles. The topological polar surface area (TPSA) is 178 Å². The van der Waals surface area contributed by atoms with Crippen molar-refractivity contribution < 1.29 is 39.5 Å². The first-order chi connectivity index (χ1) is 17.7. The van der Waals surface area contributed by atoms with E-state index in [-0.39, 0.29) is 0 Å². The summed E-state index contributed by atoms with van der Waals surface area (Å²) in [5.74, 6) is 0. The molecule has 0 heterocycles. The molecule has 0 aliphatic carbocycles. The molecule has 0 saturated heterocycles. The van der Waals surface area contributed by atoms with E-state index in [0.29, 0.717) is 0 Å². The van der Waals surface area contributed by atoms with E-state index < -0.39 is 20.8 Å². The summed E-state index contributed by atoms with van der Waals surface area (Å²) in [6.45, 7) is 11.2. The fraction of sp³-hybridized carbons (Fsp3) is 1.00. The van der Waals surface area contributed by atoms with Gasteiger partial charge in [-0.25, -0.2) is 8.42 Å². The lowest BCUT2D eigenvalue weighted by atomic mass is 10.1. The van der Waals surface area contributed by atoms with Crippen LogP contribution in [0.4, 0.5) is 0 Å². The molecular weight excluding hydrogens is 532 g/mol. The van der Waals surface area contributed by atoms with E-state index in [0.717, 1.165) is 0 Å². The Bertz CT molecular complexity index is 573. The van der Waals surface area contributed by atoms with E-state index in [1.54, 1.807) is 0 Å². The van der Waals surface area contributed by atoms with Crippen LogP contribution in [0, 0.1) is 0 Å². The molecular formula is C26H62N2O8S2. The molecule has 0 unspecified atom stereocenters. The third-order valence-electron chi connectivity index (χ3n) is 6.15. The maximum atomic E-state index is 8.74. The van der Waals surface area contributed by atoms with Crippen LogP contribution in [0.1, 0.15) is 136 Å². The van der Waals surface area contributed by atoms with Crippen molar-refractivity contribution in [2.24, 2.45) is 5.73 Å². The Hall–Kier alpha value is -0.340. The Balaban J connectivity index is -0.000000400. The molecule has 38 heavy (non-hydrogen) atoms. The van der Waals surface area contributed by atoms with E-state index in [1.165, 1.54) is 147 Å². The van der Waals surface area contributed by atoms with E-state index in [9.17, 15) is 0 Å². The lowest BCUT2D eigenvalue weighted by Gasteiger charge is -2.35. The zero-order valence-electron chi connectivity index (χ0n) is 25.1. The van der Waals surface area contributed by atoms with Gasteiger partial charge in [-0.05, 0) is 45.6 Å². The van der Waals surface area contributed by atoms with Crippen molar-refractivity contribution in [3.63, 3.8) is 0 Å². The lowest BCUT2D eigenvalue weighted by molar-refractivity contribution is -0.910. The minimum Gasteiger partial charge on any atom is -0.726 e. The standard InChI is InChI=1S/C25H54N.CH5N.2H2O4S/c1-5-8-11-14-17-20-23-26(4,24-21-18-15-12-9-6-2)25-22-19-16-13-10-7-3;1-2;2*1-5(2,3)4/h5-25H2,1-4H3;2H2,1H3;2*(H2,1,2,3,4)/q+1;;;/p-1. The second-order valence-corrected chi connectivity index (χ2v) is 11.7. The highest BCUT2D eigenvalue weighted by Gasteiger charge is 2.20. The van der Waals surface area contributed by atoms with Crippen molar-refractivity contribution in [2.45, 2.75) is 136 Å². The first-order valence-corrected chi connectivity index (χ1v) is 17.2. The summed E-state index contributed by atoms with van der Waals surface area (Å²) in [6, 6.07) is 0. The number of nitrogens with zero attached hydrogens (tertiary/aromatic N) is 1. The van der Waals surface area contributed by atoms with Crippen molar-refractivity contribution >= 4 is 20.8 Å². The van der Waals surface area contributed by atoms with Crippen LogP contribution in [0.2, 0.25) is 0 Å². The number of unbranched alkanes of at least 4 members (excludes halogenated alkanes) is 15. The molecule has 0 spiro atoms. The summed E-state index contributed by atoms with van der Waals surface area (Å²) >= 11 is 0. The second-order valence-electron chi connectivity index (χ2n) is 9.97. The summed E-state index contributed by atoms with van der Waals surface area (Å²) in [6.07, 6.45) is 25.9. The van der Waals surface area contributed by atoms with Gasteiger partial charge in [0.05, 0.1) is 26.7 Å². The number of hydrogen-bond acceptors (Lipinski definition) is 6. The van der Waals surface area contributed by atoms with E-state index in [2.05, 4.69) is 33.6 Å². The van der Waals surface area contributed by atoms with Crippen LogP contribution in [0.5, 0.6) is 0 Å². The predicted molar refractivity (Wildman–Crippen MR) is 158 cm³/mol.